The number of hydrazone groups is 1. The average Bonchev–Trinajstić information content (AvgIpc) is 2.26. The molecule has 0 bridgehead atoms. The van der Waals surface area contributed by atoms with E-state index in [1.807, 2.05) is 0 Å². The van der Waals surface area contributed by atoms with E-state index >= 15 is 0 Å². The van der Waals surface area contributed by atoms with Crippen molar-refractivity contribution >= 4 is 11.5 Å². The number of carbonyl (C=O) groups is 1. The molecule has 74 valence electrons. The average molecular weight is 194 g/mol. The Kier molecular flexibility index (Phi) is 2.32. The molecular formula is C7H9F3N2O. The zero-order valence-electron chi connectivity index (χ0n) is 7.22. The van der Waals surface area contributed by atoms with Gasteiger partial charge in [-0.25, -0.2) is 0 Å². The van der Waals surface area contributed by atoms with Crippen molar-refractivity contribution in [3.63, 3.8) is 0 Å². The topological polar surface area (TPSA) is 32.7 Å². The van der Waals surface area contributed by atoms with Crippen molar-refractivity contribution in [2.45, 2.75) is 13.1 Å². The van der Waals surface area contributed by atoms with Gasteiger partial charge in [0.1, 0.15) is 0 Å². The van der Waals surface area contributed by atoms with E-state index in [9.17, 15) is 18.0 Å². The Labute approximate surface area is 73.2 Å². The molecule has 0 amide bonds. The predicted molar refractivity (Wildman–Crippen MR) is 40.3 cm³/mol. The minimum Gasteiger partial charge on any atom is -0.299 e. The molecule has 1 aliphatic rings. The molecule has 1 unspecified atom stereocenters. The summed E-state index contributed by atoms with van der Waals surface area (Å²) in [6, 6.07) is 0. The monoisotopic (exact) mass is 194 g/mol. The van der Waals surface area contributed by atoms with E-state index in [1.165, 1.54) is 19.0 Å². The van der Waals surface area contributed by atoms with Gasteiger partial charge in [0.15, 0.2) is 0 Å². The molecule has 0 spiro atoms. The summed E-state index contributed by atoms with van der Waals surface area (Å²) in [4.78, 5) is 10.8. The van der Waals surface area contributed by atoms with E-state index in [2.05, 4.69) is 5.10 Å². The summed E-state index contributed by atoms with van der Waals surface area (Å²) in [5.74, 6) is -2.83. The van der Waals surface area contributed by atoms with Gasteiger partial charge in [0.2, 0.25) is 5.78 Å². The number of rotatable bonds is 1. The Bertz CT molecular complexity index is 259. The molecule has 0 N–H and O–H groups in total. The predicted octanol–water partition coefficient (Wildman–Crippen LogP) is 1.06. The molecule has 1 heterocycles. The fourth-order valence-corrected chi connectivity index (χ4v) is 1.25. The van der Waals surface area contributed by atoms with Gasteiger partial charge in [-0.2, -0.15) is 18.3 Å². The van der Waals surface area contributed by atoms with E-state index in [4.69, 9.17) is 0 Å². The highest BCUT2D eigenvalue weighted by Gasteiger charge is 2.46. The van der Waals surface area contributed by atoms with Crippen molar-refractivity contribution in [3.8, 4) is 0 Å². The first-order chi connectivity index (χ1) is 5.82. The van der Waals surface area contributed by atoms with E-state index in [1.54, 1.807) is 0 Å². The van der Waals surface area contributed by atoms with Crippen molar-refractivity contribution in [2.75, 3.05) is 13.6 Å². The molecule has 1 aliphatic heterocycles. The van der Waals surface area contributed by atoms with Crippen LogP contribution in [0.2, 0.25) is 0 Å². The molecule has 6 heteroatoms. The summed E-state index contributed by atoms with van der Waals surface area (Å²) in [7, 11) is 1.53. The summed E-state index contributed by atoms with van der Waals surface area (Å²) in [6.45, 7) is 1.45. The zero-order chi connectivity index (χ0) is 10.2. The molecule has 0 radical (unpaired) electrons. The van der Waals surface area contributed by atoms with Gasteiger partial charge in [0.05, 0.1) is 12.5 Å². The van der Waals surface area contributed by atoms with E-state index in [0.717, 1.165) is 0 Å². The van der Waals surface area contributed by atoms with Crippen LogP contribution in [-0.2, 0) is 4.79 Å². The summed E-state index contributed by atoms with van der Waals surface area (Å²) >= 11 is 0. The van der Waals surface area contributed by atoms with Crippen LogP contribution in [0.15, 0.2) is 5.10 Å². The minimum atomic E-state index is -4.76. The molecule has 0 saturated carbocycles. The second-order valence-corrected chi connectivity index (χ2v) is 3.00. The molecule has 0 aliphatic carbocycles. The number of hydrogen-bond acceptors (Lipinski definition) is 3. The normalized spacial score (nSPS) is 23.3. The lowest BCUT2D eigenvalue weighted by Crippen LogP contribution is -2.35. The number of hydrogen-bond donors (Lipinski definition) is 0. The molecule has 0 fully saturated rings. The van der Waals surface area contributed by atoms with Crippen LogP contribution in [0, 0.1) is 5.92 Å². The highest BCUT2D eigenvalue weighted by atomic mass is 19.4. The number of halogens is 3. The fourth-order valence-electron chi connectivity index (χ4n) is 1.25. The second-order valence-electron chi connectivity index (χ2n) is 3.00. The number of alkyl halides is 3. The molecule has 0 saturated heterocycles. The maximum atomic E-state index is 12.0. The molecular weight excluding hydrogens is 185 g/mol. The molecule has 1 rings (SSSR count). The van der Waals surface area contributed by atoms with Gasteiger partial charge < -0.3 is 0 Å². The number of Topliss-reactive ketones (excluding diaryl/α,β-unsaturated/α-hetero) is 1. The Hall–Kier alpha value is -1.07. The highest BCUT2D eigenvalue weighted by Crippen LogP contribution is 2.24. The van der Waals surface area contributed by atoms with E-state index in [0.29, 0.717) is 0 Å². The summed E-state index contributed by atoms with van der Waals surface area (Å²) in [6.07, 6.45) is -4.76. The van der Waals surface area contributed by atoms with Gasteiger partial charge in [-0.3, -0.25) is 9.80 Å². The Morgan fingerprint density at radius 1 is 1.62 bits per heavy atom. The van der Waals surface area contributed by atoms with Crippen molar-refractivity contribution < 1.29 is 18.0 Å². The third kappa shape index (κ3) is 1.99. The van der Waals surface area contributed by atoms with E-state index in [-0.39, 0.29) is 12.3 Å². The molecule has 3 nitrogen and oxygen atoms in total. The molecule has 0 aromatic carbocycles. The SMILES string of the molecule is CC1=NN(C)CC1C(=O)C(F)(F)F. The maximum Gasteiger partial charge on any atom is 0.450 e. The standard InChI is InChI=1S/C7H9F3N2O/c1-4-5(3-12(2)11-4)6(13)7(8,9)10/h5H,3H2,1-2H3. The fraction of sp³-hybridized carbons (Fsp3) is 0.714. The molecule has 1 atom stereocenters. The molecule has 13 heavy (non-hydrogen) atoms. The number of carbonyl (C=O) groups excluding carboxylic acids is 1. The lowest BCUT2D eigenvalue weighted by molar-refractivity contribution is -0.173. The van der Waals surface area contributed by atoms with Crippen LogP contribution >= 0.6 is 0 Å². The van der Waals surface area contributed by atoms with Gasteiger partial charge in [0, 0.05) is 12.8 Å². The van der Waals surface area contributed by atoms with E-state index < -0.39 is 17.9 Å². The minimum absolute atomic E-state index is 0.0180. The third-order valence-electron chi connectivity index (χ3n) is 1.88. The first-order valence-corrected chi connectivity index (χ1v) is 3.69. The van der Waals surface area contributed by atoms with Crippen LogP contribution in [0.1, 0.15) is 6.92 Å². The zero-order valence-corrected chi connectivity index (χ0v) is 7.22. The third-order valence-corrected chi connectivity index (χ3v) is 1.88. The van der Waals surface area contributed by atoms with Gasteiger partial charge in [-0.05, 0) is 6.92 Å². The van der Waals surface area contributed by atoms with Crippen LogP contribution in [-0.4, -0.2) is 36.3 Å². The van der Waals surface area contributed by atoms with Gasteiger partial charge in [0.25, 0.3) is 0 Å². The Morgan fingerprint density at radius 2 is 2.15 bits per heavy atom. The largest absolute Gasteiger partial charge is 0.450 e. The van der Waals surface area contributed by atoms with Crippen LogP contribution in [0.3, 0.4) is 0 Å². The van der Waals surface area contributed by atoms with Crippen molar-refractivity contribution in [2.24, 2.45) is 11.0 Å². The van der Waals surface area contributed by atoms with Gasteiger partial charge in [-0.1, -0.05) is 0 Å². The van der Waals surface area contributed by atoms with Crippen LogP contribution in [0.4, 0.5) is 13.2 Å². The first kappa shape index (κ1) is 10.0. The smallest absolute Gasteiger partial charge is 0.299 e. The molecule has 0 aromatic rings. The second kappa shape index (κ2) is 3.01. The van der Waals surface area contributed by atoms with Crippen molar-refractivity contribution in [3.05, 3.63) is 0 Å². The van der Waals surface area contributed by atoms with Crippen molar-refractivity contribution in [1.82, 2.24) is 5.01 Å². The number of ketones is 1. The first-order valence-electron chi connectivity index (χ1n) is 3.69. The summed E-state index contributed by atoms with van der Waals surface area (Å²) < 4.78 is 35.9. The van der Waals surface area contributed by atoms with Gasteiger partial charge in [-0.15, -0.1) is 0 Å². The Morgan fingerprint density at radius 3 is 2.46 bits per heavy atom. The lowest BCUT2D eigenvalue weighted by atomic mass is 10.00. The van der Waals surface area contributed by atoms with Crippen LogP contribution in [0.5, 0.6) is 0 Å². The lowest BCUT2D eigenvalue weighted by Gasteiger charge is -2.12. The maximum absolute atomic E-state index is 12.0. The van der Waals surface area contributed by atoms with Gasteiger partial charge >= 0.3 is 6.18 Å². The van der Waals surface area contributed by atoms with Crippen LogP contribution < -0.4 is 0 Å². The Balaban J connectivity index is 2.77. The highest BCUT2D eigenvalue weighted by molar-refractivity contribution is 6.07. The quantitative estimate of drug-likeness (QED) is 0.625. The summed E-state index contributed by atoms with van der Waals surface area (Å²) in [5.41, 5.74) is 0.227. The van der Waals surface area contributed by atoms with Crippen molar-refractivity contribution in [1.29, 1.82) is 0 Å². The molecule has 0 aromatic heterocycles. The summed E-state index contributed by atoms with van der Waals surface area (Å²) in [5, 5.41) is 5.07. The number of nitrogens with zero attached hydrogens (tertiary/aromatic N) is 2. The van der Waals surface area contributed by atoms with Crippen LogP contribution in [0.25, 0.3) is 0 Å².